The van der Waals surface area contributed by atoms with Crippen molar-refractivity contribution in [1.29, 1.82) is 0 Å². The molecule has 1 aromatic heterocycles. The highest BCUT2D eigenvalue weighted by Gasteiger charge is 1.98. The molecule has 0 aromatic carbocycles. The first-order valence-corrected chi connectivity index (χ1v) is 4.70. The maximum atomic E-state index is 5.61. The number of rotatable bonds is 5. The molecule has 0 radical (unpaired) electrons. The maximum Gasteiger partial charge on any atom is 0.117 e. The van der Waals surface area contributed by atoms with Gasteiger partial charge in [-0.2, -0.15) is 0 Å². The van der Waals surface area contributed by atoms with Gasteiger partial charge >= 0.3 is 0 Å². The summed E-state index contributed by atoms with van der Waals surface area (Å²) in [5.74, 6) is 1.95. The number of furan rings is 1. The van der Waals surface area contributed by atoms with E-state index < -0.39 is 0 Å². The van der Waals surface area contributed by atoms with Gasteiger partial charge in [-0.1, -0.05) is 0 Å². The van der Waals surface area contributed by atoms with E-state index in [1.54, 1.807) is 0 Å². The van der Waals surface area contributed by atoms with Crippen molar-refractivity contribution in [2.45, 2.75) is 32.9 Å². The Hall–Kier alpha value is -0.800. The van der Waals surface area contributed by atoms with Crippen LogP contribution in [-0.2, 0) is 6.54 Å². The minimum absolute atomic E-state index is 0.269. The van der Waals surface area contributed by atoms with Gasteiger partial charge in [0.05, 0.1) is 6.54 Å². The second-order valence-electron chi connectivity index (χ2n) is 3.46. The van der Waals surface area contributed by atoms with Crippen molar-refractivity contribution < 1.29 is 4.42 Å². The van der Waals surface area contributed by atoms with E-state index in [-0.39, 0.29) is 6.04 Å². The van der Waals surface area contributed by atoms with Gasteiger partial charge in [-0.05, 0) is 38.9 Å². The summed E-state index contributed by atoms with van der Waals surface area (Å²) in [7, 11) is 0. The topological polar surface area (TPSA) is 51.2 Å². The van der Waals surface area contributed by atoms with Crippen LogP contribution in [0.3, 0.4) is 0 Å². The van der Waals surface area contributed by atoms with E-state index in [0.29, 0.717) is 0 Å². The van der Waals surface area contributed by atoms with Gasteiger partial charge < -0.3 is 15.5 Å². The van der Waals surface area contributed by atoms with Crippen LogP contribution in [0.4, 0.5) is 0 Å². The molecule has 0 amide bonds. The molecule has 1 aromatic rings. The van der Waals surface area contributed by atoms with Crippen LogP contribution in [-0.4, -0.2) is 12.6 Å². The molecule has 0 spiro atoms. The van der Waals surface area contributed by atoms with Crippen LogP contribution in [0.5, 0.6) is 0 Å². The zero-order valence-corrected chi connectivity index (χ0v) is 8.34. The lowest BCUT2D eigenvalue weighted by atomic mass is 10.2. The van der Waals surface area contributed by atoms with Gasteiger partial charge in [-0.15, -0.1) is 0 Å². The van der Waals surface area contributed by atoms with Crippen LogP contribution in [0.1, 0.15) is 24.9 Å². The molecule has 3 N–H and O–H groups in total. The molecule has 1 atom stereocenters. The average molecular weight is 182 g/mol. The van der Waals surface area contributed by atoms with Gasteiger partial charge in [0.1, 0.15) is 11.5 Å². The minimum Gasteiger partial charge on any atom is -0.465 e. The largest absolute Gasteiger partial charge is 0.465 e. The number of nitrogens with two attached hydrogens (primary N) is 1. The Morgan fingerprint density at radius 3 is 2.85 bits per heavy atom. The Morgan fingerprint density at radius 2 is 2.31 bits per heavy atom. The van der Waals surface area contributed by atoms with Gasteiger partial charge in [0.2, 0.25) is 0 Å². The lowest BCUT2D eigenvalue weighted by Crippen LogP contribution is -2.23. The lowest BCUT2D eigenvalue weighted by molar-refractivity contribution is 0.457. The van der Waals surface area contributed by atoms with Crippen LogP contribution in [0.25, 0.3) is 0 Å². The third-order valence-electron chi connectivity index (χ3n) is 1.87. The highest BCUT2D eigenvalue weighted by Crippen LogP contribution is 2.05. The fourth-order valence-electron chi connectivity index (χ4n) is 1.12. The first-order chi connectivity index (χ1) is 6.18. The summed E-state index contributed by atoms with van der Waals surface area (Å²) < 4.78 is 5.40. The third kappa shape index (κ3) is 4.10. The van der Waals surface area contributed by atoms with Crippen molar-refractivity contribution in [1.82, 2.24) is 5.32 Å². The summed E-state index contributed by atoms with van der Waals surface area (Å²) in [6, 6.07) is 4.24. The van der Waals surface area contributed by atoms with Crippen molar-refractivity contribution in [2.75, 3.05) is 6.54 Å². The summed E-state index contributed by atoms with van der Waals surface area (Å²) in [5, 5.41) is 3.27. The summed E-state index contributed by atoms with van der Waals surface area (Å²) >= 11 is 0. The number of nitrogens with one attached hydrogen (secondary N) is 1. The van der Waals surface area contributed by atoms with Crippen LogP contribution in [0, 0.1) is 6.92 Å². The molecule has 1 heterocycles. The summed E-state index contributed by atoms with van der Waals surface area (Å²) in [4.78, 5) is 0. The molecule has 0 aliphatic rings. The minimum atomic E-state index is 0.269. The fourth-order valence-corrected chi connectivity index (χ4v) is 1.12. The summed E-state index contributed by atoms with van der Waals surface area (Å²) in [5.41, 5.74) is 5.61. The molecule has 74 valence electrons. The monoisotopic (exact) mass is 182 g/mol. The smallest absolute Gasteiger partial charge is 0.117 e. The Kier molecular flexibility index (Phi) is 3.99. The van der Waals surface area contributed by atoms with Gasteiger partial charge in [0.25, 0.3) is 0 Å². The van der Waals surface area contributed by atoms with Crippen molar-refractivity contribution in [2.24, 2.45) is 5.73 Å². The van der Waals surface area contributed by atoms with Crippen LogP contribution < -0.4 is 11.1 Å². The summed E-state index contributed by atoms with van der Waals surface area (Å²) in [6.07, 6.45) is 1.000. The van der Waals surface area contributed by atoms with E-state index >= 15 is 0 Å². The second kappa shape index (κ2) is 5.04. The molecule has 0 fully saturated rings. The number of hydrogen-bond acceptors (Lipinski definition) is 3. The van der Waals surface area contributed by atoms with E-state index in [2.05, 4.69) is 5.32 Å². The third-order valence-corrected chi connectivity index (χ3v) is 1.87. The molecule has 0 saturated heterocycles. The van der Waals surface area contributed by atoms with Gasteiger partial charge in [0.15, 0.2) is 0 Å². The molecule has 0 aliphatic carbocycles. The zero-order valence-electron chi connectivity index (χ0n) is 8.34. The normalized spacial score (nSPS) is 13.2. The summed E-state index contributed by atoms with van der Waals surface area (Å²) in [6.45, 7) is 5.70. The van der Waals surface area contributed by atoms with Crippen molar-refractivity contribution >= 4 is 0 Å². The van der Waals surface area contributed by atoms with E-state index in [1.165, 1.54) is 0 Å². The molecular weight excluding hydrogens is 164 g/mol. The molecular formula is C10H18N2O. The maximum absolute atomic E-state index is 5.61. The zero-order chi connectivity index (χ0) is 9.68. The molecule has 1 unspecified atom stereocenters. The lowest BCUT2D eigenvalue weighted by Gasteiger charge is -2.05. The predicted octanol–water partition coefficient (Wildman–Crippen LogP) is 1.41. The Bertz CT molecular complexity index is 243. The van der Waals surface area contributed by atoms with Crippen molar-refractivity contribution in [3.63, 3.8) is 0 Å². The van der Waals surface area contributed by atoms with Crippen LogP contribution >= 0.6 is 0 Å². The number of hydrogen-bond donors (Lipinski definition) is 2. The molecule has 13 heavy (non-hydrogen) atoms. The second-order valence-corrected chi connectivity index (χ2v) is 3.46. The fraction of sp³-hybridized carbons (Fsp3) is 0.600. The van der Waals surface area contributed by atoms with E-state index in [9.17, 15) is 0 Å². The highest BCUT2D eigenvalue weighted by atomic mass is 16.3. The van der Waals surface area contributed by atoms with Gasteiger partial charge in [-0.25, -0.2) is 0 Å². The Balaban J connectivity index is 2.13. The Morgan fingerprint density at radius 1 is 1.54 bits per heavy atom. The molecule has 3 nitrogen and oxygen atoms in total. The van der Waals surface area contributed by atoms with E-state index in [0.717, 1.165) is 31.0 Å². The van der Waals surface area contributed by atoms with Gasteiger partial charge in [0, 0.05) is 6.04 Å². The Labute approximate surface area is 79.3 Å². The molecule has 0 saturated carbocycles. The average Bonchev–Trinajstić information content (AvgIpc) is 2.45. The van der Waals surface area contributed by atoms with Crippen LogP contribution in [0.15, 0.2) is 16.5 Å². The molecule has 0 aliphatic heterocycles. The van der Waals surface area contributed by atoms with E-state index in [1.807, 2.05) is 26.0 Å². The predicted molar refractivity (Wildman–Crippen MR) is 53.4 cm³/mol. The molecule has 3 heteroatoms. The first kappa shape index (κ1) is 10.3. The quantitative estimate of drug-likeness (QED) is 0.677. The molecule has 1 rings (SSSR count). The molecule has 0 bridgehead atoms. The van der Waals surface area contributed by atoms with E-state index in [4.69, 9.17) is 10.2 Å². The SMILES string of the molecule is Cc1ccc(CNCCC(C)N)o1. The number of aryl methyl sites for hydroxylation is 1. The van der Waals surface area contributed by atoms with Crippen molar-refractivity contribution in [3.8, 4) is 0 Å². The van der Waals surface area contributed by atoms with Gasteiger partial charge in [-0.3, -0.25) is 0 Å². The standard InChI is InChI=1S/C10H18N2O/c1-8(11)5-6-12-7-10-4-3-9(2)13-10/h3-4,8,12H,5-7,11H2,1-2H3. The highest BCUT2D eigenvalue weighted by molar-refractivity contribution is 5.04. The van der Waals surface area contributed by atoms with Crippen LogP contribution in [0.2, 0.25) is 0 Å². The van der Waals surface area contributed by atoms with Crippen molar-refractivity contribution in [3.05, 3.63) is 23.7 Å². The first-order valence-electron chi connectivity index (χ1n) is 4.70.